The van der Waals surface area contributed by atoms with Crippen molar-refractivity contribution in [2.45, 2.75) is 31.7 Å². The number of amides is 1. The monoisotopic (exact) mass is 212 g/mol. The van der Waals surface area contributed by atoms with Crippen molar-refractivity contribution in [2.75, 3.05) is 26.3 Å². The smallest absolute Gasteiger partial charge is 0.246 e. The number of carbonyl (C=O) groups excluding carboxylic acids is 1. The van der Waals surface area contributed by atoms with E-state index in [0.29, 0.717) is 12.6 Å². The zero-order chi connectivity index (χ0) is 10.5. The summed E-state index contributed by atoms with van der Waals surface area (Å²) in [6.07, 6.45) is 4.94. The van der Waals surface area contributed by atoms with Crippen LogP contribution >= 0.6 is 0 Å². The highest BCUT2D eigenvalue weighted by Gasteiger charge is 2.21. The third kappa shape index (κ3) is 4.18. The van der Waals surface area contributed by atoms with Crippen molar-refractivity contribution in [3.63, 3.8) is 0 Å². The maximum absolute atomic E-state index is 11.3. The Balaban J connectivity index is 1.46. The molecular weight excluding hydrogens is 192 g/mol. The Morgan fingerprint density at radius 3 is 2.93 bits per heavy atom. The molecule has 0 spiro atoms. The summed E-state index contributed by atoms with van der Waals surface area (Å²) < 4.78 is 5.36. The molecule has 1 aliphatic heterocycles. The minimum absolute atomic E-state index is 0.0277. The molecule has 1 heterocycles. The lowest BCUT2D eigenvalue weighted by Gasteiger charge is -2.10. The van der Waals surface area contributed by atoms with Gasteiger partial charge < -0.3 is 15.4 Å². The predicted octanol–water partition coefficient (Wildman–Crippen LogP) is 0.281. The van der Waals surface area contributed by atoms with Crippen molar-refractivity contribution in [2.24, 2.45) is 5.92 Å². The summed E-state index contributed by atoms with van der Waals surface area (Å²) in [5.41, 5.74) is 0. The highest BCUT2D eigenvalue weighted by molar-refractivity contribution is 5.77. The summed E-state index contributed by atoms with van der Waals surface area (Å²) in [5, 5.41) is 6.22. The first-order valence-corrected chi connectivity index (χ1v) is 5.92. The first kappa shape index (κ1) is 10.9. The number of ether oxygens (including phenoxy) is 1. The van der Waals surface area contributed by atoms with Crippen LogP contribution in [0.2, 0.25) is 0 Å². The van der Waals surface area contributed by atoms with E-state index in [1.807, 2.05) is 0 Å². The Kier molecular flexibility index (Phi) is 3.97. The Bertz CT molecular complexity index is 211. The first-order chi connectivity index (χ1) is 7.34. The van der Waals surface area contributed by atoms with Crippen LogP contribution in [0.3, 0.4) is 0 Å². The van der Waals surface area contributed by atoms with Gasteiger partial charge in [0.1, 0.15) is 6.61 Å². The average Bonchev–Trinajstić information content (AvgIpc) is 2.92. The van der Waals surface area contributed by atoms with Gasteiger partial charge in [-0.25, -0.2) is 0 Å². The molecule has 1 aliphatic carbocycles. The molecule has 0 aromatic heterocycles. The van der Waals surface area contributed by atoms with Gasteiger partial charge in [-0.15, -0.1) is 0 Å². The van der Waals surface area contributed by atoms with Gasteiger partial charge in [-0.1, -0.05) is 0 Å². The molecule has 1 saturated carbocycles. The second-order valence-electron chi connectivity index (χ2n) is 4.56. The average molecular weight is 212 g/mol. The summed E-state index contributed by atoms with van der Waals surface area (Å²) >= 11 is 0. The van der Waals surface area contributed by atoms with Crippen LogP contribution in [0.25, 0.3) is 0 Å². The number of rotatable bonds is 6. The van der Waals surface area contributed by atoms with Crippen LogP contribution < -0.4 is 10.6 Å². The molecule has 15 heavy (non-hydrogen) atoms. The standard InChI is InChI=1S/C11H20N2O2/c14-11(13-6-9-3-4-9)8-15-7-10-2-1-5-12-10/h9-10,12H,1-8H2,(H,13,14). The summed E-state index contributed by atoms with van der Waals surface area (Å²) in [4.78, 5) is 11.3. The third-order valence-electron chi connectivity index (χ3n) is 3.00. The van der Waals surface area contributed by atoms with Gasteiger partial charge in [0.2, 0.25) is 5.91 Å². The predicted molar refractivity (Wildman–Crippen MR) is 57.6 cm³/mol. The fourth-order valence-corrected chi connectivity index (χ4v) is 1.82. The maximum atomic E-state index is 11.3. The normalized spacial score (nSPS) is 25.5. The second-order valence-corrected chi connectivity index (χ2v) is 4.56. The minimum atomic E-state index is 0.0277. The van der Waals surface area contributed by atoms with Crippen molar-refractivity contribution < 1.29 is 9.53 Å². The number of hydrogen-bond donors (Lipinski definition) is 2. The van der Waals surface area contributed by atoms with Crippen molar-refractivity contribution in [1.82, 2.24) is 10.6 Å². The fraction of sp³-hybridized carbons (Fsp3) is 0.909. The van der Waals surface area contributed by atoms with Crippen LogP contribution in [0.1, 0.15) is 25.7 Å². The van der Waals surface area contributed by atoms with Crippen LogP contribution in [-0.2, 0) is 9.53 Å². The first-order valence-electron chi connectivity index (χ1n) is 5.92. The number of hydrogen-bond acceptors (Lipinski definition) is 3. The lowest BCUT2D eigenvalue weighted by molar-refractivity contribution is -0.125. The molecule has 2 aliphatic rings. The zero-order valence-electron chi connectivity index (χ0n) is 9.13. The van der Waals surface area contributed by atoms with Gasteiger partial charge in [0.15, 0.2) is 0 Å². The maximum Gasteiger partial charge on any atom is 0.246 e. The lowest BCUT2D eigenvalue weighted by Crippen LogP contribution is -2.32. The topological polar surface area (TPSA) is 50.4 Å². The molecule has 86 valence electrons. The quantitative estimate of drug-likeness (QED) is 0.665. The molecule has 0 aromatic rings. The molecule has 4 heteroatoms. The molecule has 0 aromatic carbocycles. The third-order valence-corrected chi connectivity index (χ3v) is 3.00. The van der Waals surface area contributed by atoms with Crippen molar-refractivity contribution in [3.05, 3.63) is 0 Å². The van der Waals surface area contributed by atoms with Crippen LogP contribution in [0.5, 0.6) is 0 Å². The van der Waals surface area contributed by atoms with Crippen molar-refractivity contribution in [3.8, 4) is 0 Å². The molecule has 1 saturated heterocycles. The van der Waals surface area contributed by atoms with Gasteiger partial charge in [-0.2, -0.15) is 0 Å². The molecule has 2 fully saturated rings. The van der Waals surface area contributed by atoms with E-state index >= 15 is 0 Å². The summed E-state index contributed by atoms with van der Waals surface area (Å²) in [6, 6.07) is 0.459. The molecule has 4 nitrogen and oxygen atoms in total. The molecule has 2 N–H and O–H groups in total. The van der Waals surface area contributed by atoms with Gasteiger partial charge in [0.25, 0.3) is 0 Å². The highest BCUT2D eigenvalue weighted by Crippen LogP contribution is 2.27. The van der Waals surface area contributed by atoms with Crippen LogP contribution in [0.4, 0.5) is 0 Å². The number of nitrogens with one attached hydrogen (secondary N) is 2. The van der Waals surface area contributed by atoms with E-state index in [0.717, 1.165) is 19.0 Å². The van der Waals surface area contributed by atoms with Gasteiger partial charge >= 0.3 is 0 Å². The minimum Gasteiger partial charge on any atom is -0.370 e. The van der Waals surface area contributed by atoms with Crippen molar-refractivity contribution >= 4 is 5.91 Å². The fourth-order valence-electron chi connectivity index (χ4n) is 1.82. The van der Waals surface area contributed by atoms with Gasteiger partial charge in [-0.3, -0.25) is 4.79 Å². The van der Waals surface area contributed by atoms with Gasteiger partial charge in [0.05, 0.1) is 6.61 Å². The Morgan fingerprint density at radius 2 is 2.27 bits per heavy atom. The lowest BCUT2D eigenvalue weighted by atomic mass is 10.2. The summed E-state index contributed by atoms with van der Waals surface area (Å²) in [5.74, 6) is 0.769. The van der Waals surface area contributed by atoms with E-state index in [9.17, 15) is 4.79 Å². The highest BCUT2D eigenvalue weighted by atomic mass is 16.5. The molecule has 2 rings (SSSR count). The SMILES string of the molecule is O=C(COCC1CCCN1)NCC1CC1. The van der Waals surface area contributed by atoms with E-state index in [1.165, 1.54) is 25.7 Å². The van der Waals surface area contributed by atoms with Crippen molar-refractivity contribution in [1.29, 1.82) is 0 Å². The van der Waals surface area contributed by atoms with E-state index < -0.39 is 0 Å². The molecule has 0 radical (unpaired) electrons. The number of carbonyl (C=O) groups is 1. The van der Waals surface area contributed by atoms with Crippen LogP contribution in [-0.4, -0.2) is 38.3 Å². The van der Waals surface area contributed by atoms with E-state index in [2.05, 4.69) is 10.6 Å². The zero-order valence-corrected chi connectivity index (χ0v) is 9.13. The van der Waals surface area contributed by atoms with Crippen LogP contribution in [0.15, 0.2) is 0 Å². The Morgan fingerprint density at radius 1 is 1.40 bits per heavy atom. The van der Waals surface area contributed by atoms with Gasteiger partial charge in [0, 0.05) is 12.6 Å². The Hall–Kier alpha value is -0.610. The molecule has 1 amide bonds. The van der Waals surface area contributed by atoms with E-state index in [1.54, 1.807) is 0 Å². The summed E-state index contributed by atoms with van der Waals surface area (Å²) in [7, 11) is 0. The second kappa shape index (κ2) is 5.47. The van der Waals surface area contributed by atoms with Gasteiger partial charge in [-0.05, 0) is 38.1 Å². The van der Waals surface area contributed by atoms with Crippen LogP contribution in [0, 0.1) is 5.92 Å². The molecule has 1 unspecified atom stereocenters. The van der Waals surface area contributed by atoms with E-state index in [4.69, 9.17) is 4.74 Å². The molecule has 0 bridgehead atoms. The summed E-state index contributed by atoms with van der Waals surface area (Å²) in [6.45, 7) is 2.80. The Labute approximate surface area is 90.8 Å². The van der Waals surface area contributed by atoms with E-state index in [-0.39, 0.29) is 12.5 Å². The largest absolute Gasteiger partial charge is 0.370 e. The molecular formula is C11H20N2O2. The molecule has 1 atom stereocenters.